The number of hydrogen-bond acceptors (Lipinski definition) is 7. The van der Waals surface area contributed by atoms with Gasteiger partial charge in [0.1, 0.15) is 5.75 Å². The Kier molecular flexibility index (Phi) is 10.7. The Morgan fingerprint density at radius 1 is 0.919 bits per heavy atom. The number of ether oxygens (including phenoxy) is 1. The molecule has 0 N–H and O–H groups in total. The van der Waals surface area contributed by atoms with Gasteiger partial charge in [-0.05, 0) is 60.6 Å². The first kappa shape index (κ1) is 31.2. The third-order valence-corrected chi connectivity index (χ3v) is 7.50. The average molecular weight is 618 g/mol. The first-order valence-electron chi connectivity index (χ1n) is 12.0. The van der Waals surface area contributed by atoms with E-state index in [1.807, 2.05) is 13.8 Å². The molecule has 0 saturated carbocycles. The minimum Gasteiger partial charge on any atom is -0.497 e. The van der Waals surface area contributed by atoms with Crippen LogP contribution in [0.2, 0.25) is 0 Å². The fraction of sp³-hybridized carbons (Fsp3) is 0.481. The summed E-state index contributed by atoms with van der Waals surface area (Å²) in [6, 6.07) is 8.51. The molecule has 2 rings (SSSR count). The van der Waals surface area contributed by atoms with Crippen LogP contribution >= 0.6 is 15.9 Å². The molecule has 0 amide bonds. The van der Waals surface area contributed by atoms with E-state index in [0.29, 0.717) is 28.0 Å². The minimum atomic E-state index is -3.97. The Morgan fingerprint density at radius 3 is 1.92 bits per heavy atom. The van der Waals surface area contributed by atoms with Gasteiger partial charge in [-0.3, -0.25) is 0 Å². The average Bonchev–Trinajstić information content (AvgIpc) is 2.76. The lowest BCUT2D eigenvalue weighted by molar-refractivity contribution is 0.415. The molecule has 0 aliphatic carbocycles. The van der Waals surface area contributed by atoms with Crippen LogP contribution in [-0.4, -0.2) is 41.8 Å². The molecule has 0 heterocycles. The summed E-state index contributed by atoms with van der Waals surface area (Å²) in [7, 11) is -6.43. The third-order valence-electron chi connectivity index (χ3n) is 5.97. The molecular formula is C27H37BrO7S2. The quantitative estimate of drug-likeness (QED) is 0.132. The smallest absolute Gasteiger partial charge is 0.306 e. The van der Waals surface area contributed by atoms with Crippen LogP contribution in [0.15, 0.2) is 36.9 Å². The topological polar surface area (TPSA) is 96.0 Å². The molecule has 0 spiro atoms. The van der Waals surface area contributed by atoms with Crippen molar-refractivity contribution in [3.05, 3.63) is 48.0 Å². The molecule has 0 radical (unpaired) electrons. The number of rotatable bonds is 14. The summed E-state index contributed by atoms with van der Waals surface area (Å²) in [5.74, 6) is 0.437. The number of alkyl halides is 1. The van der Waals surface area contributed by atoms with E-state index in [9.17, 15) is 16.8 Å². The number of benzene rings is 2. The summed E-state index contributed by atoms with van der Waals surface area (Å²) in [6.45, 7) is 9.89. The van der Waals surface area contributed by atoms with Gasteiger partial charge in [0.2, 0.25) is 0 Å². The predicted octanol–water partition coefficient (Wildman–Crippen LogP) is 6.70. The van der Waals surface area contributed by atoms with Crippen LogP contribution < -0.4 is 13.1 Å². The van der Waals surface area contributed by atoms with Gasteiger partial charge in [-0.2, -0.15) is 16.8 Å². The van der Waals surface area contributed by atoms with Crippen molar-refractivity contribution >= 4 is 41.7 Å². The van der Waals surface area contributed by atoms with E-state index < -0.39 is 25.7 Å². The zero-order valence-electron chi connectivity index (χ0n) is 22.4. The van der Waals surface area contributed by atoms with Gasteiger partial charge in [-0.1, -0.05) is 67.3 Å². The van der Waals surface area contributed by atoms with Gasteiger partial charge in [0, 0.05) is 10.9 Å². The van der Waals surface area contributed by atoms with E-state index in [0.717, 1.165) is 49.9 Å². The van der Waals surface area contributed by atoms with Gasteiger partial charge < -0.3 is 13.1 Å². The standard InChI is InChI=1S/C27H37BrO7S2/c1-19(2)22-13-12-21(33-5)18-23(22)26-24(34-36(6,29)30)16-20(17-25(26)35-37(7,31)32)27(3,4)14-10-8-9-11-15-28/h12-13,16-18H,1,8-11,14-15H2,2-7H3. The Balaban J connectivity index is 2.84. The first-order chi connectivity index (χ1) is 17.1. The molecule has 0 aliphatic heterocycles. The molecule has 7 nitrogen and oxygen atoms in total. The summed E-state index contributed by atoms with van der Waals surface area (Å²) in [5, 5.41) is 0.965. The van der Waals surface area contributed by atoms with Crippen LogP contribution in [0.5, 0.6) is 17.2 Å². The zero-order chi connectivity index (χ0) is 28.0. The highest BCUT2D eigenvalue weighted by Gasteiger charge is 2.29. The summed E-state index contributed by atoms with van der Waals surface area (Å²) < 4.78 is 65.6. The van der Waals surface area contributed by atoms with Crippen molar-refractivity contribution in [1.82, 2.24) is 0 Å². The minimum absolute atomic E-state index is 0.0261. The number of allylic oxidation sites excluding steroid dienone is 1. The van der Waals surface area contributed by atoms with Crippen molar-refractivity contribution in [3.63, 3.8) is 0 Å². The van der Waals surface area contributed by atoms with E-state index in [2.05, 4.69) is 22.5 Å². The number of unbranched alkanes of at least 4 members (excludes halogenated alkanes) is 3. The van der Waals surface area contributed by atoms with E-state index in [1.54, 1.807) is 37.3 Å². The fourth-order valence-corrected chi connectivity index (χ4v) is 5.40. The highest BCUT2D eigenvalue weighted by atomic mass is 79.9. The maximum absolute atomic E-state index is 12.3. The second-order valence-electron chi connectivity index (χ2n) is 9.85. The van der Waals surface area contributed by atoms with Gasteiger partial charge in [-0.15, -0.1) is 0 Å². The number of halogens is 1. The van der Waals surface area contributed by atoms with Gasteiger partial charge in [0.15, 0.2) is 11.5 Å². The van der Waals surface area contributed by atoms with Crippen LogP contribution in [0.1, 0.15) is 64.0 Å². The largest absolute Gasteiger partial charge is 0.497 e. The summed E-state index contributed by atoms with van der Waals surface area (Å²) in [4.78, 5) is 0. The normalized spacial score (nSPS) is 12.3. The van der Waals surface area contributed by atoms with Crippen molar-refractivity contribution < 1.29 is 29.9 Å². The Hall–Kier alpha value is -2.04. The van der Waals surface area contributed by atoms with Gasteiger partial charge in [-0.25, -0.2) is 0 Å². The van der Waals surface area contributed by atoms with Gasteiger partial charge in [0.05, 0.1) is 25.2 Å². The van der Waals surface area contributed by atoms with Crippen molar-refractivity contribution in [2.45, 2.75) is 58.3 Å². The lowest BCUT2D eigenvalue weighted by atomic mass is 9.79. The Morgan fingerprint density at radius 2 is 1.46 bits per heavy atom. The van der Waals surface area contributed by atoms with E-state index in [4.69, 9.17) is 13.1 Å². The van der Waals surface area contributed by atoms with Crippen LogP contribution in [0.3, 0.4) is 0 Å². The van der Waals surface area contributed by atoms with Gasteiger partial charge in [0.25, 0.3) is 0 Å². The molecule has 0 unspecified atom stereocenters. The maximum Gasteiger partial charge on any atom is 0.306 e. The molecule has 206 valence electrons. The second kappa shape index (κ2) is 12.7. The summed E-state index contributed by atoms with van der Waals surface area (Å²) >= 11 is 3.45. The Bertz CT molecular complexity index is 1280. The SMILES string of the molecule is C=C(C)c1ccc(OC)cc1-c1c(OS(C)(=O)=O)cc(C(C)(C)CCCCCCBr)cc1OS(C)(=O)=O. The zero-order valence-corrected chi connectivity index (χ0v) is 25.6. The molecule has 0 fully saturated rings. The molecule has 0 saturated heterocycles. The van der Waals surface area contributed by atoms with Crippen molar-refractivity contribution in [2.24, 2.45) is 0 Å². The number of hydrogen-bond donors (Lipinski definition) is 0. The Labute approximate surface area is 230 Å². The van der Waals surface area contributed by atoms with Crippen molar-refractivity contribution in [1.29, 1.82) is 0 Å². The second-order valence-corrected chi connectivity index (χ2v) is 13.8. The molecule has 10 heteroatoms. The molecule has 2 aromatic carbocycles. The van der Waals surface area contributed by atoms with Crippen LogP contribution in [0.25, 0.3) is 16.7 Å². The van der Waals surface area contributed by atoms with Crippen LogP contribution in [-0.2, 0) is 25.7 Å². The summed E-state index contributed by atoms with van der Waals surface area (Å²) in [6.07, 6.45) is 6.91. The molecule has 0 bridgehead atoms. The molecule has 0 aliphatic rings. The van der Waals surface area contributed by atoms with Crippen molar-refractivity contribution in [3.8, 4) is 28.4 Å². The summed E-state index contributed by atoms with van der Waals surface area (Å²) in [5.41, 5.74) is 2.29. The van der Waals surface area contributed by atoms with Crippen LogP contribution in [0.4, 0.5) is 0 Å². The molecule has 0 atom stereocenters. The lowest BCUT2D eigenvalue weighted by Crippen LogP contribution is -2.19. The predicted molar refractivity (Wildman–Crippen MR) is 154 cm³/mol. The number of methoxy groups -OCH3 is 1. The monoisotopic (exact) mass is 616 g/mol. The first-order valence-corrected chi connectivity index (χ1v) is 16.7. The van der Waals surface area contributed by atoms with E-state index in [1.165, 1.54) is 7.11 Å². The third kappa shape index (κ3) is 9.33. The molecule has 0 aromatic heterocycles. The van der Waals surface area contributed by atoms with Gasteiger partial charge >= 0.3 is 20.2 Å². The molecular weight excluding hydrogens is 580 g/mol. The van der Waals surface area contributed by atoms with E-state index in [-0.39, 0.29) is 17.1 Å². The fourth-order valence-electron chi connectivity index (χ4n) is 4.09. The maximum atomic E-state index is 12.3. The van der Waals surface area contributed by atoms with E-state index >= 15 is 0 Å². The molecule has 2 aromatic rings. The highest BCUT2D eigenvalue weighted by Crippen LogP contribution is 2.47. The lowest BCUT2D eigenvalue weighted by Gasteiger charge is -2.28. The highest BCUT2D eigenvalue weighted by molar-refractivity contribution is 9.09. The van der Waals surface area contributed by atoms with Crippen molar-refractivity contribution in [2.75, 3.05) is 25.0 Å². The molecule has 37 heavy (non-hydrogen) atoms. The van der Waals surface area contributed by atoms with Crippen LogP contribution in [0, 0.1) is 0 Å².